The van der Waals surface area contributed by atoms with Crippen LogP contribution in [0.15, 0.2) is 24.4 Å². The van der Waals surface area contributed by atoms with Crippen molar-refractivity contribution in [3.8, 4) is 0 Å². The highest BCUT2D eigenvalue weighted by atomic mass is 15.2. The van der Waals surface area contributed by atoms with Gasteiger partial charge in [0.15, 0.2) is 0 Å². The zero-order valence-electron chi connectivity index (χ0n) is 10.3. The topological polar surface area (TPSA) is 29.9 Å². The maximum Gasteiger partial charge on any atom is 0.0681 e. The molecule has 3 heteroatoms. The van der Waals surface area contributed by atoms with Crippen molar-refractivity contribution in [3.63, 3.8) is 0 Å². The Morgan fingerprint density at radius 2 is 2.41 bits per heavy atom. The minimum atomic E-state index is 0.800. The number of benzene rings is 1. The molecular formula is C14H19N3. The number of piperidine rings is 1. The molecule has 3 nitrogen and oxygen atoms in total. The first-order chi connectivity index (χ1) is 8.33. The number of hydrogen-bond donors (Lipinski definition) is 1. The summed E-state index contributed by atoms with van der Waals surface area (Å²) >= 11 is 0. The van der Waals surface area contributed by atoms with Crippen molar-refractivity contribution in [3.05, 3.63) is 30.0 Å². The van der Waals surface area contributed by atoms with E-state index in [1.165, 1.54) is 48.8 Å². The maximum atomic E-state index is 4.29. The van der Waals surface area contributed by atoms with Gasteiger partial charge in [-0.3, -0.25) is 4.68 Å². The van der Waals surface area contributed by atoms with Crippen molar-refractivity contribution >= 4 is 10.9 Å². The Morgan fingerprint density at radius 1 is 1.47 bits per heavy atom. The predicted molar refractivity (Wildman–Crippen MR) is 70.0 cm³/mol. The highest BCUT2D eigenvalue weighted by Crippen LogP contribution is 2.20. The summed E-state index contributed by atoms with van der Waals surface area (Å²) in [5.41, 5.74) is 2.68. The molecule has 2 aromatic rings. The summed E-state index contributed by atoms with van der Waals surface area (Å²) in [5, 5.41) is 9.00. The van der Waals surface area contributed by atoms with E-state index >= 15 is 0 Å². The van der Waals surface area contributed by atoms with Crippen LogP contribution in [0, 0.1) is 5.92 Å². The normalized spacial score (nSPS) is 20.9. The van der Waals surface area contributed by atoms with E-state index in [0.717, 1.165) is 5.92 Å². The van der Waals surface area contributed by atoms with Gasteiger partial charge < -0.3 is 5.32 Å². The van der Waals surface area contributed by atoms with Crippen molar-refractivity contribution in [1.82, 2.24) is 15.1 Å². The van der Waals surface area contributed by atoms with Crippen LogP contribution < -0.4 is 5.32 Å². The molecule has 1 fully saturated rings. The lowest BCUT2D eigenvalue weighted by molar-refractivity contribution is 0.376. The predicted octanol–water partition coefficient (Wildman–Crippen LogP) is 2.12. The molecule has 0 bridgehead atoms. The Hall–Kier alpha value is -1.35. The van der Waals surface area contributed by atoms with E-state index < -0.39 is 0 Å². The lowest BCUT2D eigenvalue weighted by Gasteiger charge is -2.22. The van der Waals surface area contributed by atoms with Crippen LogP contribution in [0.5, 0.6) is 0 Å². The van der Waals surface area contributed by atoms with Crippen LogP contribution >= 0.6 is 0 Å². The first kappa shape index (κ1) is 10.8. The molecule has 1 N–H and O–H groups in total. The number of aryl methyl sites for hydroxylation is 1. The molecule has 0 aliphatic carbocycles. The lowest BCUT2D eigenvalue weighted by Crippen LogP contribution is -2.30. The van der Waals surface area contributed by atoms with E-state index in [0.29, 0.717) is 0 Å². The first-order valence-corrected chi connectivity index (χ1v) is 6.44. The van der Waals surface area contributed by atoms with Crippen LogP contribution in [-0.4, -0.2) is 22.9 Å². The number of aromatic nitrogens is 2. The van der Waals surface area contributed by atoms with E-state index in [4.69, 9.17) is 0 Å². The summed E-state index contributed by atoms with van der Waals surface area (Å²) in [6.45, 7) is 2.36. The molecule has 3 rings (SSSR count). The van der Waals surface area contributed by atoms with Gasteiger partial charge >= 0.3 is 0 Å². The van der Waals surface area contributed by atoms with E-state index in [2.05, 4.69) is 28.6 Å². The van der Waals surface area contributed by atoms with Gasteiger partial charge in [0.05, 0.1) is 11.7 Å². The molecule has 90 valence electrons. The monoisotopic (exact) mass is 229 g/mol. The van der Waals surface area contributed by atoms with Gasteiger partial charge in [-0.05, 0) is 49.9 Å². The quantitative estimate of drug-likeness (QED) is 0.855. The second kappa shape index (κ2) is 4.49. The number of nitrogens with zero attached hydrogens (tertiary/aromatic N) is 2. The number of fused-ring (bicyclic) bond motifs is 1. The second-order valence-electron chi connectivity index (χ2n) is 5.08. The van der Waals surface area contributed by atoms with Gasteiger partial charge in [-0.1, -0.05) is 12.1 Å². The molecule has 0 amide bonds. The molecule has 1 aromatic carbocycles. The second-order valence-corrected chi connectivity index (χ2v) is 5.08. The van der Waals surface area contributed by atoms with Gasteiger partial charge in [0.25, 0.3) is 0 Å². The molecule has 1 unspecified atom stereocenters. The Labute approximate surface area is 102 Å². The zero-order valence-corrected chi connectivity index (χ0v) is 10.3. The summed E-state index contributed by atoms with van der Waals surface area (Å²) in [7, 11) is 2.01. The van der Waals surface area contributed by atoms with Crippen LogP contribution in [0.4, 0.5) is 0 Å². The average molecular weight is 229 g/mol. The number of hydrogen-bond acceptors (Lipinski definition) is 2. The number of nitrogens with one attached hydrogen (secondary N) is 1. The van der Waals surface area contributed by atoms with Crippen LogP contribution in [0.25, 0.3) is 10.9 Å². The fourth-order valence-electron chi connectivity index (χ4n) is 2.75. The molecule has 1 saturated heterocycles. The van der Waals surface area contributed by atoms with Crippen molar-refractivity contribution in [2.24, 2.45) is 13.0 Å². The molecule has 1 aliphatic heterocycles. The van der Waals surface area contributed by atoms with Crippen LogP contribution in [0.3, 0.4) is 0 Å². The zero-order chi connectivity index (χ0) is 11.7. The van der Waals surface area contributed by atoms with E-state index in [-0.39, 0.29) is 0 Å². The third kappa shape index (κ3) is 2.20. The van der Waals surface area contributed by atoms with Crippen LogP contribution in [0.1, 0.15) is 18.4 Å². The Kier molecular flexibility index (Phi) is 2.85. The Balaban J connectivity index is 1.82. The third-order valence-corrected chi connectivity index (χ3v) is 3.74. The summed E-state index contributed by atoms with van der Waals surface area (Å²) in [6, 6.07) is 6.73. The van der Waals surface area contributed by atoms with E-state index in [1.54, 1.807) is 0 Å². The first-order valence-electron chi connectivity index (χ1n) is 6.44. The number of rotatable bonds is 2. The fourth-order valence-corrected chi connectivity index (χ4v) is 2.75. The molecule has 1 aromatic heterocycles. The van der Waals surface area contributed by atoms with Gasteiger partial charge in [-0.25, -0.2) is 0 Å². The average Bonchev–Trinajstić information content (AvgIpc) is 2.73. The minimum Gasteiger partial charge on any atom is -0.316 e. The summed E-state index contributed by atoms with van der Waals surface area (Å²) in [5.74, 6) is 0.800. The molecule has 0 radical (unpaired) electrons. The van der Waals surface area contributed by atoms with Gasteiger partial charge in [0, 0.05) is 12.4 Å². The standard InChI is InChI=1S/C14H19N3/c1-17-14-8-11(4-5-13(14)10-16-17)7-12-3-2-6-15-9-12/h4-5,8,10,12,15H,2-3,6-7,9H2,1H3. The molecule has 1 atom stereocenters. The fraction of sp³-hybridized carbons (Fsp3) is 0.500. The largest absolute Gasteiger partial charge is 0.316 e. The summed E-state index contributed by atoms with van der Waals surface area (Å²) in [4.78, 5) is 0. The highest BCUT2D eigenvalue weighted by molar-refractivity contribution is 5.79. The molecule has 2 heterocycles. The highest BCUT2D eigenvalue weighted by Gasteiger charge is 2.13. The van der Waals surface area contributed by atoms with Crippen molar-refractivity contribution in [2.75, 3.05) is 13.1 Å². The molecular weight excluding hydrogens is 210 g/mol. The van der Waals surface area contributed by atoms with Gasteiger partial charge in [-0.15, -0.1) is 0 Å². The van der Waals surface area contributed by atoms with Crippen molar-refractivity contribution < 1.29 is 0 Å². The molecule has 0 saturated carbocycles. The van der Waals surface area contributed by atoms with Gasteiger partial charge in [0.1, 0.15) is 0 Å². The minimum absolute atomic E-state index is 0.800. The Bertz CT molecular complexity index is 509. The molecule has 1 aliphatic rings. The van der Waals surface area contributed by atoms with Crippen molar-refractivity contribution in [2.45, 2.75) is 19.3 Å². The summed E-state index contributed by atoms with van der Waals surface area (Å²) in [6.07, 6.45) is 5.80. The maximum absolute atomic E-state index is 4.29. The van der Waals surface area contributed by atoms with Gasteiger partial charge in [-0.2, -0.15) is 5.10 Å². The third-order valence-electron chi connectivity index (χ3n) is 3.74. The summed E-state index contributed by atoms with van der Waals surface area (Å²) < 4.78 is 1.96. The van der Waals surface area contributed by atoms with Crippen molar-refractivity contribution in [1.29, 1.82) is 0 Å². The van der Waals surface area contributed by atoms with Crippen LogP contribution in [-0.2, 0) is 13.5 Å². The molecule has 17 heavy (non-hydrogen) atoms. The smallest absolute Gasteiger partial charge is 0.0681 e. The van der Waals surface area contributed by atoms with Crippen LogP contribution in [0.2, 0.25) is 0 Å². The SMILES string of the molecule is Cn1ncc2ccc(CC3CCCNC3)cc21. The van der Waals surface area contributed by atoms with E-state index in [1.807, 2.05) is 17.9 Å². The Morgan fingerprint density at radius 3 is 3.24 bits per heavy atom. The van der Waals surface area contributed by atoms with E-state index in [9.17, 15) is 0 Å². The van der Waals surface area contributed by atoms with Gasteiger partial charge in [0.2, 0.25) is 0 Å². The molecule has 0 spiro atoms. The lowest BCUT2D eigenvalue weighted by atomic mass is 9.92.